The highest BCUT2D eigenvalue weighted by Crippen LogP contribution is 2.44. The van der Waals surface area contributed by atoms with E-state index in [2.05, 4.69) is 42.4 Å². The number of amides is 1. The Hall–Kier alpha value is -2.63. The van der Waals surface area contributed by atoms with Crippen LogP contribution in [0.15, 0.2) is 29.4 Å². The molecule has 0 aliphatic heterocycles. The van der Waals surface area contributed by atoms with E-state index in [9.17, 15) is 10.1 Å². The summed E-state index contributed by atoms with van der Waals surface area (Å²) in [6.45, 7) is 8.87. The number of anilines is 1. The van der Waals surface area contributed by atoms with E-state index in [0.29, 0.717) is 21.6 Å². The molecule has 1 aliphatic rings. The van der Waals surface area contributed by atoms with Crippen molar-refractivity contribution in [1.29, 1.82) is 5.26 Å². The number of benzene rings is 1. The molecule has 1 aromatic carbocycles. The average Bonchev–Trinajstić information content (AvgIpc) is 3.30. The fraction of sp³-hybridized carbons (Fsp3) is 0.440. The number of carbonyl (C=O) groups is 1. The van der Waals surface area contributed by atoms with Gasteiger partial charge >= 0.3 is 0 Å². The van der Waals surface area contributed by atoms with Crippen molar-refractivity contribution in [2.45, 2.75) is 52.1 Å². The van der Waals surface area contributed by atoms with Crippen LogP contribution in [0.25, 0.3) is 11.4 Å². The van der Waals surface area contributed by atoms with Gasteiger partial charge in [-0.2, -0.15) is 5.26 Å². The molecule has 2 heterocycles. The summed E-state index contributed by atoms with van der Waals surface area (Å²) in [5, 5.41) is 22.7. The summed E-state index contributed by atoms with van der Waals surface area (Å²) in [5.41, 5.74) is 4.16. The second-order valence-electron chi connectivity index (χ2n) is 9.64. The van der Waals surface area contributed by atoms with E-state index < -0.39 is 0 Å². The van der Waals surface area contributed by atoms with Crippen LogP contribution in [0.4, 0.5) is 5.00 Å². The third-order valence-electron chi connectivity index (χ3n) is 6.41. The second-order valence-corrected chi connectivity index (χ2v) is 11.7. The predicted octanol–water partition coefficient (Wildman–Crippen LogP) is 5.61. The number of aromatic nitrogens is 3. The van der Waals surface area contributed by atoms with Gasteiger partial charge in [-0.15, -0.1) is 21.5 Å². The quantitative estimate of drug-likeness (QED) is 0.481. The maximum atomic E-state index is 12.7. The molecule has 172 valence electrons. The molecule has 0 radical (unpaired) electrons. The highest BCUT2D eigenvalue weighted by molar-refractivity contribution is 7.99. The summed E-state index contributed by atoms with van der Waals surface area (Å²) in [4.78, 5) is 14.0. The van der Waals surface area contributed by atoms with E-state index in [1.165, 1.54) is 16.6 Å². The first-order valence-corrected chi connectivity index (χ1v) is 12.9. The molecule has 3 aromatic rings. The number of thioether (sulfide) groups is 1. The number of thiophene rings is 1. The number of hydrogen-bond acceptors (Lipinski definition) is 6. The van der Waals surface area contributed by atoms with Gasteiger partial charge in [-0.3, -0.25) is 4.79 Å². The Morgan fingerprint density at radius 3 is 2.79 bits per heavy atom. The van der Waals surface area contributed by atoms with Crippen molar-refractivity contribution in [3.05, 3.63) is 45.8 Å². The van der Waals surface area contributed by atoms with Gasteiger partial charge in [0.2, 0.25) is 5.91 Å². The van der Waals surface area contributed by atoms with E-state index in [0.717, 1.165) is 41.8 Å². The first kappa shape index (κ1) is 23.5. The Balaban J connectivity index is 1.44. The summed E-state index contributed by atoms with van der Waals surface area (Å²) in [6.07, 6.45) is 2.96. The molecule has 2 aromatic heterocycles. The number of nitrogens with one attached hydrogen (secondary N) is 1. The van der Waals surface area contributed by atoms with Crippen LogP contribution >= 0.6 is 23.1 Å². The Morgan fingerprint density at radius 2 is 2.09 bits per heavy atom. The fourth-order valence-electron chi connectivity index (χ4n) is 4.32. The molecule has 0 bridgehead atoms. The Bertz CT molecular complexity index is 1230. The van der Waals surface area contributed by atoms with Crippen LogP contribution in [-0.2, 0) is 24.7 Å². The molecule has 8 heteroatoms. The van der Waals surface area contributed by atoms with Crippen LogP contribution in [0.1, 0.15) is 48.8 Å². The molecule has 1 amide bonds. The molecule has 0 unspecified atom stereocenters. The lowest BCUT2D eigenvalue weighted by Crippen LogP contribution is -2.26. The summed E-state index contributed by atoms with van der Waals surface area (Å²) < 4.78 is 1.91. The number of fused-ring (bicyclic) bond motifs is 1. The van der Waals surface area contributed by atoms with Crippen molar-refractivity contribution < 1.29 is 4.79 Å². The topological polar surface area (TPSA) is 83.6 Å². The molecule has 0 fully saturated rings. The van der Waals surface area contributed by atoms with Crippen molar-refractivity contribution in [2.24, 2.45) is 18.4 Å². The average molecular weight is 480 g/mol. The van der Waals surface area contributed by atoms with E-state index in [-0.39, 0.29) is 17.1 Å². The molecule has 1 N–H and O–H groups in total. The van der Waals surface area contributed by atoms with Crippen LogP contribution in [-0.4, -0.2) is 26.4 Å². The van der Waals surface area contributed by atoms with Gasteiger partial charge in [0, 0.05) is 17.5 Å². The molecular formula is C25H29N5OS2. The molecule has 33 heavy (non-hydrogen) atoms. The number of aryl methyl sites for hydroxylation is 1. The largest absolute Gasteiger partial charge is 0.316 e. The van der Waals surface area contributed by atoms with Gasteiger partial charge in [-0.1, -0.05) is 56.8 Å². The fourth-order valence-corrected chi connectivity index (χ4v) is 6.33. The monoisotopic (exact) mass is 479 g/mol. The summed E-state index contributed by atoms with van der Waals surface area (Å²) in [5.74, 6) is 1.44. The zero-order valence-electron chi connectivity index (χ0n) is 19.7. The maximum absolute atomic E-state index is 12.7. The van der Waals surface area contributed by atoms with Gasteiger partial charge < -0.3 is 9.88 Å². The van der Waals surface area contributed by atoms with Crippen molar-refractivity contribution >= 4 is 34.0 Å². The Labute approximate surface area is 203 Å². The van der Waals surface area contributed by atoms with Crippen molar-refractivity contribution in [3.8, 4) is 17.5 Å². The highest BCUT2D eigenvalue weighted by Gasteiger charge is 2.32. The van der Waals surface area contributed by atoms with E-state index >= 15 is 0 Å². The Kier molecular flexibility index (Phi) is 6.64. The minimum Gasteiger partial charge on any atom is -0.316 e. The first-order valence-electron chi connectivity index (χ1n) is 11.1. The van der Waals surface area contributed by atoms with Gasteiger partial charge in [0.1, 0.15) is 11.1 Å². The predicted molar refractivity (Wildman–Crippen MR) is 135 cm³/mol. The first-order chi connectivity index (χ1) is 15.7. The zero-order valence-corrected chi connectivity index (χ0v) is 21.4. The lowest BCUT2D eigenvalue weighted by molar-refractivity contribution is -0.113. The number of hydrogen-bond donors (Lipinski definition) is 1. The van der Waals surface area contributed by atoms with Crippen LogP contribution in [0, 0.1) is 29.6 Å². The van der Waals surface area contributed by atoms with Crippen LogP contribution < -0.4 is 5.32 Å². The lowest BCUT2D eigenvalue weighted by atomic mass is 9.72. The molecule has 1 aliphatic carbocycles. The maximum Gasteiger partial charge on any atom is 0.235 e. The molecule has 0 spiro atoms. The van der Waals surface area contributed by atoms with E-state index in [1.807, 2.05) is 42.8 Å². The van der Waals surface area contributed by atoms with Gasteiger partial charge in [-0.05, 0) is 48.6 Å². The molecule has 6 nitrogen and oxygen atoms in total. The summed E-state index contributed by atoms with van der Waals surface area (Å²) in [7, 11) is 1.91. The van der Waals surface area contributed by atoms with E-state index in [1.54, 1.807) is 11.3 Å². The van der Waals surface area contributed by atoms with Crippen molar-refractivity contribution in [2.75, 3.05) is 11.1 Å². The third-order valence-corrected chi connectivity index (χ3v) is 8.60. The minimum absolute atomic E-state index is 0.136. The third kappa shape index (κ3) is 4.85. The van der Waals surface area contributed by atoms with Crippen LogP contribution in [0.5, 0.6) is 0 Å². The smallest absolute Gasteiger partial charge is 0.235 e. The number of rotatable bonds is 5. The number of carbonyl (C=O) groups excluding carboxylic acids is 1. The summed E-state index contributed by atoms with van der Waals surface area (Å²) >= 11 is 2.91. The molecular weight excluding hydrogens is 450 g/mol. The van der Waals surface area contributed by atoms with Crippen molar-refractivity contribution in [1.82, 2.24) is 14.8 Å². The van der Waals surface area contributed by atoms with Crippen molar-refractivity contribution in [3.63, 3.8) is 0 Å². The number of nitriles is 1. The van der Waals surface area contributed by atoms with Gasteiger partial charge in [0.25, 0.3) is 0 Å². The van der Waals surface area contributed by atoms with Gasteiger partial charge in [-0.25, -0.2) is 0 Å². The van der Waals surface area contributed by atoms with E-state index in [4.69, 9.17) is 0 Å². The summed E-state index contributed by atoms with van der Waals surface area (Å²) in [6, 6.07) is 10.4. The minimum atomic E-state index is -0.136. The highest BCUT2D eigenvalue weighted by atomic mass is 32.2. The molecule has 4 rings (SSSR count). The van der Waals surface area contributed by atoms with Crippen LogP contribution in [0.2, 0.25) is 0 Å². The SMILES string of the molecule is Cc1ccccc1-c1nnc(SCC(=O)Nc2sc3c(c2C#N)CC[C@H](C(C)(C)C)C3)n1C. The Morgan fingerprint density at radius 1 is 1.33 bits per heavy atom. The second kappa shape index (κ2) is 9.32. The standard InChI is InChI=1S/C25H29N5OS2/c1-15-8-6-7-9-17(15)22-28-29-24(30(22)5)32-14-21(31)27-23-19(13-26)18-11-10-16(25(2,3)4)12-20(18)33-23/h6-9,16H,10-12,14H2,1-5H3,(H,27,31)/t16-/m0/s1. The zero-order chi connectivity index (χ0) is 23.8. The lowest BCUT2D eigenvalue weighted by Gasteiger charge is -2.33. The van der Waals surface area contributed by atoms with Gasteiger partial charge in [0.15, 0.2) is 11.0 Å². The molecule has 0 saturated carbocycles. The number of nitrogens with zero attached hydrogens (tertiary/aromatic N) is 4. The van der Waals surface area contributed by atoms with Crippen LogP contribution in [0.3, 0.4) is 0 Å². The normalized spacial score (nSPS) is 15.7. The van der Waals surface area contributed by atoms with Gasteiger partial charge in [0.05, 0.1) is 11.3 Å². The molecule has 0 saturated heterocycles. The molecule has 1 atom stereocenters.